The number of primary amides is 1. The Labute approximate surface area is 98.6 Å². The largest absolute Gasteiger partial charge is 0.365 e. The van der Waals surface area contributed by atoms with E-state index in [0.717, 1.165) is 5.56 Å². The fourth-order valence-corrected chi connectivity index (χ4v) is 2.25. The van der Waals surface area contributed by atoms with Gasteiger partial charge in [0.2, 0.25) is 0 Å². The lowest BCUT2D eigenvalue weighted by Crippen LogP contribution is -2.35. The molecule has 0 aliphatic carbocycles. The predicted octanol–water partition coefficient (Wildman–Crippen LogP) is 2.39. The summed E-state index contributed by atoms with van der Waals surface area (Å²) in [5.41, 5.74) is 6.12. The van der Waals surface area contributed by atoms with E-state index in [4.69, 9.17) is 17.3 Å². The standard InChI is InChI=1S/C10H15ClN2OS/c1-10(2,3)13-4-6-5-15-8(7(6)11)9(12)14/h5,13H,4H2,1-3H3,(H2,12,14). The van der Waals surface area contributed by atoms with Crippen LogP contribution in [0.1, 0.15) is 36.0 Å². The number of nitrogens with two attached hydrogens (primary N) is 1. The summed E-state index contributed by atoms with van der Waals surface area (Å²) in [6.45, 7) is 6.86. The van der Waals surface area contributed by atoms with Gasteiger partial charge in [-0.3, -0.25) is 4.79 Å². The smallest absolute Gasteiger partial charge is 0.260 e. The van der Waals surface area contributed by atoms with Crippen molar-refractivity contribution >= 4 is 28.8 Å². The summed E-state index contributed by atoms with van der Waals surface area (Å²) in [5, 5.41) is 5.64. The van der Waals surface area contributed by atoms with Crippen LogP contribution in [0.3, 0.4) is 0 Å². The first-order valence-electron chi connectivity index (χ1n) is 4.62. The van der Waals surface area contributed by atoms with Crippen LogP contribution in [0.25, 0.3) is 0 Å². The average molecular weight is 247 g/mol. The van der Waals surface area contributed by atoms with E-state index < -0.39 is 5.91 Å². The summed E-state index contributed by atoms with van der Waals surface area (Å²) in [6, 6.07) is 0. The second-order valence-electron chi connectivity index (χ2n) is 4.37. The molecule has 0 aromatic carbocycles. The van der Waals surface area contributed by atoms with E-state index in [1.165, 1.54) is 11.3 Å². The summed E-state index contributed by atoms with van der Waals surface area (Å²) in [6.07, 6.45) is 0. The zero-order valence-electron chi connectivity index (χ0n) is 9.06. The van der Waals surface area contributed by atoms with Crippen molar-refractivity contribution in [2.75, 3.05) is 0 Å². The van der Waals surface area contributed by atoms with Crippen LogP contribution in [0.2, 0.25) is 5.02 Å². The molecule has 1 aromatic rings. The lowest BCUT2D eigenvalue weighted by molar-refractivity contribution is 0.100. The summed E-state index contributed by atoms with van der Waals surface area (Å²) >= 11 is 7.31. The zero-order chi connectivity index (χ0) is 11.6. The number of thiophene rings is 1. The number of carbonyl (C=O) groups is 1. The molecule has 0 saturated heterocycles. The highest BCUT2D eigenvalue weighted by Crippen LogP contribution is 2.27. The third-order valence-corrected chi connectivity index (χ3v) is 3.42. The van der Waals surface area contributed by atoms with Crippen LogP contribution >= 0.6 is 22.9 Å². The van der Waals surface area contributed by atoms with Gasteiger partial charge < -0.3 is 11.1 Å². The maximum absolute atomic E-state index is 11.0. The molecule has 1 heterocycles. The molecule has 0 spiro atoms. The predicted molar refractivity (Wildman–Crippen MR) is 64.4 cm³/mol. The molecule has 0 saturated carbocycles. The van der Waals surface area contributed by atoms with Crippen molar-refractivity contribution in [2.24, 2.45) is 5.73 Å². The molecule has 0 aliphatic rings. The Kier molecular flexibility index (Phi) is 3.76. The van der Waals surface area contributed by atoms with E-state index in [9.17, 15) is 4.79 Å². The molecule has 1 aromatic heterocycles. The Hall–Kier alpha value is -0.580. The molecule has 3 N–H and O–H groups in total. The summed E-state index contributed by atoms with van der Waals surface area (Å²) < 4.78 is 0. The summed E-state index contributed by atoms with van der Waals surface area (Å²) in [5.74, 6) is -0.466. The molecule has 84 valence electrons. The highest BCUT2D eigenvalue weighted by Gasteiger charge is 2.15. The molecular formula is C10H15ClN2OS. The quantitative estimate of drug-likeness (QED) is 0.861. The van der Waals surface area contributed by atoms with Crippen molar-refractivity contribution in [2.45, 2.75) is 32.9 Å². The molecule has 0 fully saturated rings. The normalized spacial score (nSPS) is 11.7. The molecule has 1 rings (SSSR count). The van der Waals surface area contributed by atoms with Gasteiger partial charge >= 0.3 is 0 Å². The van der Waals surface area contributed by atoms with Crippen LogP contribution in [0.15, 0.2) is 5.38 Å². The van der Waals surface area contributed by atoms with Gasteiger partial charge in [0.1, 0.15) is 4.88 Å². The molecule has 15 heavy (non-hydrogen) atoms. The number of nitrogens with one attached hydrogen (secondary N) is 1. The lowest BCUT2D eigenvalue weighted by atomic mass is 10.1. The highest BCUT2D eigenvalue weighted by atomic mass is 35.5. The molecule has 0 radical (unpaired) electrons. The third-order valence-electron chi connectivity index (χ3n) is 1.83. The van der Waals surface area contributed by atoms with Crippen molar-refractivity contribution in [1.82, 2.24) is 5.32 Å². The van der Waals surface area contributed by atoms with Gasteiger partial charge in [0, 0.05) is 12.1 Å². The van der Waals surface area contributed by atoms with Crippen molar-refractivity contribution in [1.29, 1.82) is 0 Å². The Morgan fingerprint density at radius 2 is 2.20 bits per heavy atom. The first-order chi connectivity index (χ1) is 6.81. The van der Waals surface area contributed by atoms with Crippen molar-refractivity contribution in [3.8, 4) is 0 Å². The highest BCUT2D eigenvalue weighted by molar-refractivity contribution is 7.13. The lowest BCUT2D eigenvalue weighted by Gasteiger charge is -2.20. The van der Waals surface area contributed by atoms with Gasteiger partial charge in [-0.15, -0.1) is 11.3 Å². The number of rotatable bonds is 3. The minimum Gasteiger partial charge on any atom is -0.365 e. The van der Waals surface area contributed by atoms with Crippen LogP contribution in [-0.2, 0) is 6.54 Å². The third kappa shape index (κ3) is 3.48. The van der Waals surface area contributed by atoms with Gasteiger partial charge in [0.25, 0.3) is 5.91 Å². The molecule has 3 nitrogen and oxygen atoms in total. The second-order valence-corrected chi connectivity index (χ2v) is 5.63. The van der Waals surface area contributed by atoms with Crippen molar-refractivity contribution < 1.29 is 4.79 Å². The second kappa shape index (κ2) is 4.51. The van der Waals surface area contributed by atoms with Crippen LogP contribution in [0, 0.1) is 0 Å². The number of hydrogen-bond acceptors (Lipinski definition) is 3. The number of hydrogen-bond donors (Lipinski definition) is 2. The SMILES string of the molecule is CC(C)(C)NCc1csc(C(N)=O)c1Cl. The molecular weight excluding hydrogens is 232 g/mol. The minimum atomic E-state index is -0.466. The van der Waals surface area contributed by atoms with Crippen molar-refractivity contribution in [3.05, 3.63) is 20.8 Å². The zero-order valence-corrected chi connectivity index (χ0v) is 10.6. The number of halogens is 1. The minimum absolute atomic E-state index is 0.0259. The van der Waals surface area contributed by atoms with Crippen molar-refractivity contribution in [3.63, 3.8) is 0 Å². The maximum Gasteiger partial charge on any atom is 0.260 e. The van der Waals surface area contributed by atoms with E-state index in [0.29, 0.717) is 16.4 Å². The molecule has 0 unspecified atom stereocenters. The van der Waals surface area contributed by atoms with E-state index in [1.807, 2.05) is 5.38 Å². The number of amides is 1. The Balaban J connectivity index is 2.75. The first kappa shape index (κ1) is 12.5. The van der Waals surface area contributed by atoms with Gasteiger partial charge in [-0.25, -0.2) is 0 Å². The monoisotopic (exact) mass is 246 g/mol. The van der Waals surface area contributed by atoms with E-state index >= 15 is 0 Å². The fourth-order valence-electron chi connectivity index (χ4n) is 1.03. The maximum atomic E-state index is 11.0. The van der Waals surface area contributed by atoms with Gasteiger partial charge in [-0.05, 0) is 31.7 Å². The number of carbonyl (C=O) groups excluding carboxylic acids is 1. The molecule has 5 heteroatoms. The molecule has 0 atom stereocenters. The van der Waals surface area contributed by atoms with Crippen LogP contribution in [0.4, 0.5) is 0 Å². The summed E-state index contributed by atoms with van der Waals surface area (Å²) in [7, 11) is 0. The Bertz CT molecular complexity index is 368. The fraction of sp³-hybridized carbons (Fsp3) is 0.500. The van der Waals surface area contributed by atoms with E-state index in [2.05, 4.69) is 26.1 Å². The van der Waals surface area contributed by atoms with Gasteiger partial charge in [-0.1, -0.05) is 11.6 Å². The van der Waals surface area contributed by atoms with Crippen LogP contribution in [-0.4, -0.2) is 11.4 Å². The van der Waals surface area contributed by atoms with Crippen LogP contribution < -0.4 is 11.1 Å². The molecule has 1 amide bonds. The average Bonchev–Trinajstić information content (AvgIpc) is 2.42. The van der Waals surface area contributed by atoms with Gasteiger partial charge in [0.15, 0.2) is 0 Å². The first-order valence-corrected chi connectivity index (χ1v) is 5.88. The van der Waals surface area contributed by atoms with Crippen LogP contribution in [0.5, 0.6) is 0 Å². The molecule has 0 aliphatic heterocycles. The molecule has 0 bridgehead atoms. The van der Waals surface area contributed by atoms with Gasteiger partial charge in [0.05, 0.1) is 5.02 Å². The van der Waals surface area contributed by atoms with Gasteiger partial charge in [-0.2, -0.15) is 0 Å². The van der Waals surface area contributed by atoms with E-state index in [1.54, 1.807) is 0 Å². The topological polar surface area (TPSA) is 55.1 Å². The Morgan fingerprint density at radius 1 is 1.60 bits per heavy atom. The Morgan fingerprint density at radius 3 is 2.60 bits per heavy atom. The van der Waals surface area contributed by atoms with E-state index in [-0.39, 0.29) is 5.54 Å². The summed E-state index contributed by atoms with van der Waals surface area (Å²) in [4.78, 5) is 11.4.